The van der Waals surface area contributed by atoms with E-state index in [4.69, 9.17) is 0 Å². The second-order valence-corrected chi connectivity index (χ2v) is 11.2. The maximum absolute atomic E-state index is 3.30. The highest BCUT2D eigenvalue weighted by molar-refractivity contribution is 9.11. The lowest BCUT2D eigenvalue weighted by Gasteiger charge is -2.21. The number of rotatable bonds is 3. The van der Waals surface area contributed by atoms with Gasteiger partial charge in [0.2, 0.25) is 0 Å². The zero-order valence-electron chi connectivity index (χ0n) is 11.2. The van der Waals surface area contributed by atoms with Crippen LogP contribution in [0.2, 0.25) is 0 Å². The molecular weight excluding hydrogens is 413 g/mol. The van der Waals surface area contributed by atoms with E-state index < -0.39 is 0 Å². The van der Waals surface area contributed by atoms with Crippen molar-refractivity contribution in [3.8, 4) is 0 Å². The Labute approximate surface area is 156 Å². The van der Waals surface area contributed by atoms with Gasteiger partial charge in [0.25, 0.3) is 0 Å². The molecule has 3 heterocycles. The van der Waals surface area contributed by atoms with Gasteiger partial charge in [-0.05, 0) is 64.4 Å². The lowest BCUT2D eigenvalue weighted by molar-refractivity contribution is 0.690. The summed E-state index contributed by atoms with van der Waals surface area (Å²) in [6.45, 7) is 0. The maximum atomic E-state index is 3.30. The van der Waals surface area contributed by atoms with Gasteiger partial charge in [-0.3, -0.25) is 4.67 Å². The first kappa shape index (κ1) is 22.0. The van der Waals surface area contributed by atoms with Gasteiger partial charge in [-0.15, -0.1) is 34.0 Å². The minimum atomic E-state index is -0.265. The van der Waals surface area contributed by atoms with Crippen LogP contribution < -0.4 is 9.24 Å². The first-order valence-corrected chi connectivity index (χ1v) is 10.6. The first-order valence-electron chi connectivity index (χ1n) is 5.92. The Morgan fingerprint density at radius 2 is 1.27 bits per heavy atom. The van der Waals surface area contributed by atoms with Crippen molar-refractivity contribution in [2.24, 2.45) is 0 Å². The zero-order chi connectivity index (χ0) is 14.4. The van der Waals surface area contributed by atoms with Gasteiger partial charge in [0.1, 0.15) is 0 Å². The Bertz CT molecular complexity index is 543. The van der Waals surface area contributed by atoms with E-state index in [-0.39, 0.29) is 22.9 Å². The van der Waals surface area contributed by atoms with Crippen LogP contribution >= 0.6 is 58.0 Å². The third kappa shape index (κ3) is 6.61. The summed E-state index contributed by atoms with van der Waals surface area (Å²) in [7, 11) is 4.05. The van der Waals surface area contributed by atoms with Crippen LogP contribution in [0, 0.1) is 0 Å². The number of nitrogens with zero attached hydrogens (tertiary/aromatic N) is 1. The van der Waals surface area contributed by atoms with Gasteiger partial charge in [-0.25, -0.2) is 0 Å². The molecule has 0 radical (unpaired) electrons. The largest absolute Gasteiger partial charge is 0.280 e. The van der Waals surface area contributed by atoms with Gasteiger partial charge in [0.15, 0.2) is 0 Å². The van der Waals surface area contributed by atoms with E-state index in [1.807, 2.05) is 40.2 Å². The third-order valence-corrected chi connectivity index (χ3v) is 8.74. The topological polar surface area (TPSA) is 3.24 Å². The second-order valence-electron chi connectivity index (χ2n) is 3.98. The highest BCUT2D eigenvalue weighted by Gasteiger charge is 2.17. The third-order valence-electron chi connectivity index (χ3n) is 2.32. The number of hydrogen-bond acceptors (Lipinski definition) is 4. The molecule has 0 aliphatic heterocycles. The minimum Gasteiger partial charge on any atom is -0.280 e. The molecule has 0 atom stereocenters. The van der Waals surface area contributed by atoms with E-state index in [1.54, 1.807) is 11.3 Å². The fourth-order valence-corrected chi connectivity index (χ4v) is 7.74. The Kier molecular flexibility index (Phi) is 11.5. The molecule has 0 saturated carbocycles. The highest BCUT2D eigenvalue weighted by Crippen LogP contribution is 2.38. The molecule has 6 heteroatoms. The van der Waals surface area contributed by atoms with E-state index in [9.17, 15) is 0 Å². The van der Waals surface area contributed by atoms with Gasteiger partial charge in [-0.2, -0.15) is 0 Å². The van der Waals surface area contributed by atoms with Gasteiger partial charge in [0, 0.05) is 17.3 Å². The fraction of sp³-hybridized carbons (Fsp3) is 0.250. The minimum absolute atomic E-state index is 0. The summed E-state index contributed by atoms with van der Waals surface area (Å²) in [5, 5.41) is 6.34. The molecule has 1 nitrogen and oxygen atoms in total. The molecule has 22 heavy (non-hydrogen) atoms. The Morgan fingerprint density at radius 1 is 0.818 bits per heavy atom. The van der Waals surface area contributed by atoms with E-state index in [0.717, 1.165) is 0 Å². The molecule has 0 N–H and O–H groups in total. The molecule has 3 aromatic rings. The lowest BCUT2D eigenvalue weighted by Crippen LogP contribution is -2.18. The summed E-state index contributed by atoms with van der Waals surface area (Å²) < 4.78 is 6.48. The second kappa shape index (κ2) is 11.5. The average molecular weight is 436 g/mol. The monoisotopic (exact) mass is 435 g/mol. The van der Waals surface area contributed by atoms with Gasteiger partial charge in [-0.1, -0.05) is 33.1 Å². The Morgan fingerprint density at radius 3 is 1.50 bits per heavy atom. The Hall–Kier alpha value is -0.0300. The van der Waals surface area contributed by atoms with Crippen molar-refractivity contribution in [2.75, 3.05) is 14.1 Å². The SMILES string of the molecule is Brc1cccs1.C.C.CN(C)P(c1cccs1)c1cccs1. The van der Waals surface area contributed by atoms with Gasteiger partial charge >= 0.3 is 0 Å². The molecule has 0 aliphatic rings. The van der Waals surface area contributed by atoms with Crippen molar-refractivity contribution in [3.05, 3.63) is 56.3 Å². The van der Waals surface area contributed by atoms with Crippen LogP contribution in [0.5, 0.6) is 0 Å². The van der Waals surface area contributed by atoms with E-state index in [0.29, 0.717) is 0 Å². The van der Waals surface area contributed by atoms with E-state index in [2.05, 4.69) is 69.7 Å². The van der Waals surface area contributed by atoms with Crippen LogP contribution in [0.25, 0.3) is 0 Å². The van der Waals surface area contributed by atoms with Crippen molar-refractivity contribution in [1.29, 1.82) is 0 Å². The standard InChI is InChI=1S/C10H12NPS2.C4H3BrS.2CH4/c1-11(2)12(9-5-3-7-13-9)10-6-4-8-14-10;5-4-2-1-3-6-4;;/h3-8H,1-2H3;1-3H;2*1H4. The molecule has 0 unspecified atom stereocenters. The molecule has 3 aromatic heterocycles. The number of hydrogen-bond donors (Lipinski definition) is 0. The molecule has 122 valence electrons. The summed E-state index contributed by atoms with van der Waals surface area (Å²) in [5.74, 6) is 0. The van der Waals surface area contributed by atoms with Crippen molar-refractivity contribution < 1.29 is 0 Å². The maximum Gasteiger partial charge on any atom is 0.0698 e. The summed E-state index contributed by atoms with van der Waals surface area (Å²) in [5.41, 5.74) is 0. The van der Waals surface area contributed by atoms with Gasteiger partial charge in [0.05, 0.1) is 3.79 Å². The van der Waals surface area contributed by atoms with Crippen LogP contribution in [0.3, 0.4) is 0 Å². The molecule has 0 aromatic carbocycles. The van der Waals surface area contributed by atoms with Crippen LogP contribution in [-0.4, -0.2) is 18.8 Å². The van der Waals surface area contributed by atoms with Crippen LogP contribution in [-0.2, 0) is 0 Å². The average Bonchev–Trinajstić information content (AvgIpc) is 3.11. The van der Waals surface area contributed by atoms with Crippen molar-refractivity contribution in [2.45, 2.75) is 14.9 Å². The van der Waals surface area contributed by atoms with Crippen LogP contribution in [0.15, 0.2) is 56.3 Å². The van der Waals surface area contributed by atoms with Crippen LogP contribution in [0.4, 0.5) is 0 Å². The van der Waals surface area contributed by atoms with E-state index >= 15 is 0 Å². The first-order chi connectivity index (χ1) is 9.68. The van der Waals surface area contributed by atoms with E-state index in [1.165, 1.54) is 13.0 Å². The van der Waals surface area contributed by atoms with Crippen LogP contribution in [0.1, 0.15) is 14.9 Å². The predicted octanol–water partition coefficient (Wildman–Crippen LogP) is 6.50. The highest BCUT2D eigenvalue weighted by atomic mass is 79.9. The molecule has 0 fully saturated rings. The smallest absolute Gasteiger partial charge is 0.0698 e. The summed E-state index contributed by atoms with van der Waals surface area (Å²) in [6, 6.07) is 12.8. The molecule has 3 rings (SSSR count). The zero-order valence-corrected chi connectivity index (χ0v) is 16.1. The summed E-state index contributed by atoms with van der Waals surface area (Å²) in [6.07, 6.45) is 0. The fourth-order valence-electron chi connectivity index (χ4n) is 1.54. The number of halogens is 1. The van der Waals surface area contributed by atoms with Gasteiger partial charge < -0.3 is 0 Å². The summed E-state index contributed by atoms with van der Waals surface area (Å²) >= 11 is 8.70. The molecule has 0 amide bonds. The number of thiophene rings is 3. The molecule has 0 saturated heterocycles. The molecule has 0 bridgehead atoms. The van der Waals surface area contributed by atoms with Crippen molar-refractivity contribution >= 4 is 67.2 Å². The molecule has 0 spiro atoms. The Balaban J connectivity index is 0.000000472. The van der Waals surface area contributed by atoms with Crippen molar-refractivity contribution in [1.82, 2.24) is 4.67 Å². The lowest BCUT2D eigenvalue weighted by atomic mass is 10.7. The molecular formula is C16H23BrNPS3. The predicted molar refractivity (Wildman–Crippen MR) is 114 cm³/mol. The summed E-state index contributed by atoms with van der Waals surface area (Å²) in [4.78, 5) is 0. The normalized spacial score (nSPS) is 9.68. The molecule has 0 aliphatic carbocycles. The van der Waals surface area contributed by atoms with Crippen molar-refractivity contribution in [3.63, 3.8) is 0 Å². The quantitative estimate of drug-likeness (QED) is 0.424.